The fraction of sp³-hybridized carbons (Fsp3) is 0.273. The van der Waals surface area contributed by atoms with E-state index in [0.29, 0.717) is 0 Å². The Labute approximate surface area is 292 Å². The molecule has 4 amide bonds. The molecule has 0 aromatic heterocycles. The Balaban J connectivity index is 1.43. The summed E-state index contributed by atoms with van der Waals surface area (Å²) < 4.78 is 78.4. The molecule has 1 saturated carbocycles. The zero-order valence-corrected chi connectivity index (χ0v) is 27.1. The zero-order valence-electron chi connectivity index (χ0n) is 25.6. The number of rotatable bonds is 5. The lowest BCUT2D eigenvalue weighted by atomic mass is 9.56. The first kappa shape index (κ1) is 34.4. The van der Waals surface area contributed by atoms with Crippen LogP contribution in [0.15, 0.2) is 54.1 Å². The Kier molecular flexibility index (Phi) is 7.72. The van der Waals surface area contributed by atoms with Crippen LogP contribution in [0.25, 0.3) is 0 Å². The van der Waals surface area contributed by atoms with Gasteiger partial charge in [0.15, 0.2) is 44.5 Å². The maximum absolute atomic E-state index is 15.2. The van der Waals surface area contributed by atoms with Crippen molar-refractivity contribution in [2.45, 2.75) is 28.5 Å². The topological polar surface area (TPSA) is 147 Å². The van der Waals surface area contributed by atoms with Gasteiger partial charge in [0.2, 0.25) is 17.6 Å². The van der Waals surface area contributed by atoms with Gasteiger partial charge in [0, 0.05) is 18.1 Å². The molecule has 3 aromatic carbocycles. The highest BCUT2D eigenvalue weighted by atomic mass is 35.5. The first-order valence-electron chi connectivity index (χ1n) is 15.0. The molecule has 1 N–H and O–H groups in total. The van der Waals surface area contributed by atoms with Crippen LogP contribution in [0.3, 0.4) is 0 Å². The van der Waals surface area contributed by atoms with E-state index in [1.165, 1.54) is 37.5 Å². The number of nitro benzene ring substituents is 1. The number of amides is 4. The predicted molar refractivity (Wildman–Crippen MR) is 167 cm³/mol. The van der Waals surface area contributed by atoms with Gasteiger partial charge in [0.1, 0.15) is 5.69 Å². The fourth-order valence-electron chi connectivity index (χ4n) is 7.81. The van der Waals surface area contributed by atoms with Gasteiger partial charge in [0.25, 0.3) is 17.5 Å². The minimum absolute atomic E-state index is 0.0202. The third-order valence-corrected chi connectivity index (χ3v) is 11.5. The Morgan fingerprint density at radius 1 is 0.882 bits per heavy atom. The van der Waals surface area contributed by atoms with Crippen LogP contribution in [0, 0.1) is 57.0 Å². The van der Waals surface area contributed by atoms with Gasteiger partial charge in [-0.05, 0) is 42.5 Å². The summed E-state index contributed by atoms with van der Waals surface area (Å²) in [5.41, 5.74) is -2.28. The Morgan fingerprint density at radius 3 is 2.16 bits per heavy atom. The van der Waals surface area contributed by atoms with E-state index < -0.39 is 109 Å². The maximum atomic E-state index is 15.2. The summed E-state index contributed by atoms with van der Waals surface area (Å²) in [5, 5.41) is 21.8. The van der Waals surface area contributed by atoms with E-state index in [1.54, 1.807) is 0 Å². The van der Waals surface area contributed by atoms with E-state index in [2.05, 4.69) is 0 Å². The molecule has 2 heterocycles. The van der Waals surface area contributed by atoms with Gasteiger partial charge in [0.05, 0.1) is 29.6 Å². The molecule has 51 heavy (non-hydrogen) atoms. The van der Waals surface area contributed by atoms with Crippen molar-refractivity contribution >= 4 is 63.9 Å². The first-order valence-corrected chi connectivity index (χ1v) is 15.7. The second-order valence-corrected chi connectivity index (χ2v) is 13.7. The molecule has 2 aliphatic carbocycles. The second-order valence-electron chi connectivity index (χ2n) is 12.4. The van der Waals surface area contributed by atoms with Crippen molar-refractivity contribution in [3.63, 3.8) is 0 Å². The van der Waals surface area contributed by atoms with Crippen molar-refractivity contribution in [3.8, 4) is 11.5 Å². The number of anilines is 2. The number of alkyl halides is 2. The van der Waals surface area contributed by atoms with E-state index in [-0.39, 0.29) is 39.6 Å². The van der Waals surface area contributed by atoms with Crippen molar-refractivity contribution in [2.75, 3.05) is 16.9 Å². The molecule has 0 radical (unpaired) electrons. The SMILES string of the molecule is COc1cc([C@H]2C3=CC[C@@H]4C(=O)N(c5cccc([N+](=O)[O-])c5)C(=O)[C@@H]4[C@@H]3C[C@@]3(Cl)C(=O)N(c4c(F)c(F)c(F)c(F)c4F)C(=O)[C@@]23Cl)ccc1O. The lowest BCUT2D eigenvalue weighted by molar-refractivity contribution is -0.384. The number of carbonyl (C=O) groups is 4. The van der Waals surface area contributed by atoms with Crippen molar-refractivity contribution in [1.29, 1.82) is 0 Å². The molecule has 3 fully saturated rings. The number of fused-ring (bicyclic) bond motifs is 4. The van der Waals surface area contributed by atoms with Gasteiger partial charge in [-0.1, -0.05) is 23.8 Å². The number of hydrogen-bond donors (Lipinski definition) is 1. The number of non-ortho nitro benzene ring substituents is 1. The summed E-state index contributed by atoms with van der Waals surface area (Å²) >= 11 is 14.2. The molecular formula is C33H20Cl2F5N3O8. The molecule has 0 spiro atoms. The molecule has 2 saturated heterocycles. The van der Waals surface area contributed by atoms with Gasteiger partial charge in [-0.2, -0.15) is 0 Å². The van der Waals surface area contributed by atoms with Gasteiger partial charge in [-0.25, -0.2) is 31.8 Å². The summed E-state index contributed by atoms with van der Waals surface area (Å²) in [5.74, 6) is -23.2. The number of hydrogen-bond acceptors (Lipinski definition) is 8. The molecule has 7 rings (SSSR count). The highest BCUT2D eigenvalue weighted by Crippen LogP contribution is 2.66. The van der Waals surface area contributed by atoms with Crippen LogP contribution >= 0.6 is 23.2 Å². The molecule has 11 nitrogen and oxygen atoms in total. The van der Waals surface area contributed by atoms with E-state index in [9.17, 15) is 47.6 Å². The van der Waals surface area contributed by atoms with Crippen molar-refractivity contribution in [2.24, 2.45) is 17.8 Å². The lowest BCUT2D eigenvalue weighted by Gasteiger charge is -2.50. The van der Waals surface area contributed by atoms with Crippen LogP contribution in [0.1, 0.15) is 24.3 Å². The zero-order chi connectivity index (χ0) is 37.1. The number of carbonyl (C=O) groups excluding carboxylic acids is 4. The van der Waals surface area contributed by atoms with Gasteiger partial charge < -0.3 is 9.84 Å². The summed E-state index contributed by atoms with van der Waals surface area (Å²) in [4.78, 5) is 62.2. The molecule has 2 aliphatic heterocycles. The number of methoxy groups -OCH3 is 1. The quantitative estimate of drug-likeness (QED) is 0.0505. The average Bonchev–Trinajstić information content (AvgIpc) is 3.45. The molecular weight excluding hydrogens is 732 g/mol. The Hall–Kier alpha value is -5.09. The van der Waals surface area contributed by atoms with Crippen LogP contribution in [-0.2, 0) is 19.2 Å². The third-order valence-electron chi connectivity index (χ3n) is 10.1. The minimum atomic E-state index is -2.77. The lowest BCUT2D eigenvalue weighted by Crippen LogP contribution is -2.60. The van der Waals surface area contributed by atoms with Gasteiger partial charge in [-0.15, -0.1) is 23.2 Å². The summed E-state index contributed by atoms with van der Waals surface area (Å²) in [7, 11) is 1.19. The third kappa shape index (κ3) is 4.41. The standard InChI is InChI=1S/C33H20Cl2F5N3O8/c1-51-19-9-12(5-8-18(19)44)21-15-6-7-16-20(29(46)41(28(16)45)13-3-2-4-14(10-13)43(49)50)17(15)11-32(34)30(47)42(31(48)33(21,32)35)27-25(39)23(37)22(36)24(38)26(27)40/h2-6,8-10,16-17,20-21,44H,7,11H2,1H3/t16-,17+,20-,21-,32+,33-/m0/s1. The largest absolute Gasteiger partial charge is 0.504 e. The molecule has 4 aliphatic rings. The van der Waals surface area contributed by atoms with Crippen molar-refractivity contribution < 1.29 is 55.9 Å². The molecule has 6 atom stereocenters. The number of nitro groups is 1. The van der Waals surface area contributed by atoms with Crippen LogP contribution in [0.5, 0.6) is 11.5 Å². The second kappa shape index (κ2) is 11.5. The van der Waals surface area contributed by atoms with E-state index in [4.69, 9.17) is 27.9 Å². The summed E-state index contributed by atoms with van der Waals surface area (Å²) in [6.45, 7) is 0. The predicted octanol–water partition coefficient (Wildman–Crippen LogP) is 5.77. The number of benzene rings is 3. The van der Waals surface area contributed by atoms with E-state index >= 15 is 8.78 Å². The number of halogens is 7. The highest BCUT2D eigenvalue weighted by molar-refractivity contribution is 6.58. The smallest absolute Gasteiger partial charge is 0.271 e. The van der Waals surface area contributed by atoms with Crippen molar-refractivity contribution in [3.05, 3.63) is 98.9 Å². The summed E-state index contributed by atoms with van der Waals surface area (Å²) in [6, 6.07) is 8.34. The van der Waals surface area contributed by atoms with E-state index in [0.717, 1.165) is 23.1 Å². The first-order chi connectivity index (χ1) is 24.0. The highest BCUT2D eigenvalue weighted by Gasteiger charge is 2.77. The minimum Gasteiger partial charge on any atom is -0.504 e. The number of nitrogens with zero attached hydrogens (tertiary/aromatic N) is 3. The number of allylic oxidation sites excluding steroid dienone is 2. The van der Waals surface area contributed by atoms with E-state index in [1.807, 2.05) is 0 Å². The number of ether oxygens (including phenoxy) is 1. The molecule has 18 heteroatoms. The molecule has 264 valence electrons. The Bertz CT molecular complexity index is 2160. The van der Waals surface area contributed by atoms with Gasteiger partial charge in [-0.3, -0.25) is 29.3 Å². The summed E-state index contributed by atoms with van der Waals surface area (Å²) in [6.07, 6.45) is 0.594. The van der Waals surface area contributed by atoms with Gasteiger partial charge >= 0.3 is 0 Å². The van der Waals surface area contributed by atoms with Crippen LogP contribution in [-0.4, -0.2) is 50.5 Å². The molecule has 0 bridgehead atoms. The maximum Gasteiger partial charge on any atom is 0.271 e. The van der Waals surface area contributed by atoms with Crippen LogP contribution < -0.4 is 14.5 Å². The van der Waals surface area contributed by atoms with Crippen molar-refractivity contribution in [1.82, 2.24) is 0 Å². The molecule has 3 aromatic rings. The number of imide groups is 2. The number of phenolic OH excluding ortho intramolecular Hbond substituents is 1. The van der Waals surface area contributed by atoms with Crippen LogP contribution in [0.4, 0.5) is 39.0 Å². The number of phenols is 1. The number of aromatic hydroxyl groups is 1. The monoisotopic (exact) mass is 751 g/mol. The van der Waals surface area contributed by atoms with Crippen LogP contribution in [0.2, 0.25) is 0 Å². The molecule has 0 unspecified atom stereocenters. The Morgan fingerprint density at radius 2 is 1.53 bits per heavy atom. The fourth-order valence-corrected chi connectivity index (χ4v) is 8.75. The normalized spacial score (nSPS) is 28.4. The average molecular weight is 752 g/mol.